The minimum atomic E-state index is -2.60. The molecule has 1 rings (SSSR count). The van der Waals surface area contributed by atoms with E-state index in [1.54, 1.807) is 6.92 Å². The standard InChI is InChI=1S/C7H7ClF2N2/c1-3-5(11)4(7(9)10)2-12-6(3)8/h2,7H,1H3,(H2,11,12). The third-order valence-corrected chi connectivity index (χ3v) is 1.96. The van der Waals surface area contributed by atoms with Gasteiger partial charge in [-0.2, -0.15) is 0 Å². The zero-order valence-electron chi connectivity index (χ0n) is 6.31. The monoisotopic (exact) mass is 192 g/mol. The molecule has 0 radical (unpaired) electrons. The molecule has 5 heteroatoms. The maximum Gasteiger partial charge on any atom is 0.267 e. The fraction of sp³-hybridized carbons (Fsp3) is 0.286. The molecule has 0 aromatic carbocycles. The van der Waals surface area contributed by atoms with Crippen molar-refractivity contribution < 1.29 is 8.78 Å². The van der Waals surface area contributed by atoms with Crippen LogP contribution in [0, 0.1) is 6.92 Å². The molecular formula is C7H7ClF2N2. The van der Waals surface area contributed by atoms with Gasteiger partial charge >= 0.3 is 0 Å². The average Bonchev–Trinajstić information content (AvgIpc) is 2.00. The van der Waals surface area contributed by atoms with Crippen LogP contribution in [0.4, 0.5) is 14.5 Å². The molecule has 0 spiro atoms. The van der Waals surface area contributed by atoms with Gasteiger partial charge in [-0.1, -0.05) is 11.6 Å². The number of halogens is 3. The molecule has 2 N–H and O–H groups in total. The minimum absolute atomic E-state index is 0.0185. The van der Waals surface area contributed by atoms with Crippen LogP contribution in [0.3, 0.4) is 0 Å². The largest absolute Gasteiger partial charge is 0.398 e. The van der Waals surface area contributed by atoms with Gasteiger partial charge in [-0.05, 0) is 6.92 Å². The molecule has 1 heterocycles. The van der Waals surface area contributed by atoms with Crippen molar-refractivity contribution in [1.82, 2.24) is 4.98 Å². The Morgan fingerprint density at radius 3 is 2.67 bits per heavy atom. The van der Waals surface area contributed by atoms with Crippen molar-refractivity contribution in [2.45, 2.75) is 13.3 Å². The van der Waals surface area contributed by atoms with Gasteiger partial charge in [0.15, 0.2) is 0 Å². The summed E-state index contributed by atoms with van der Waals surface area (Å²) in [5.74, 6) is 0. The molecule has 66 valence electrons. The Morgan fingerprint density at radius 1 is 1.58 bits per heavy atom. The molecule has 0 aliphatic heterocycles. The highest BCUT2D eigenvalue weighted by molar-refractivity contribution is 6.30. The molecule has 0 aliphatic rings. The SMILES string of the molecule is Cc1c(Cl)ncc(C(F)F)c1N. The Labute approximate surface area is 73.4 Å². The van der Waals surface area contributed by atoms with Crippen molar-refractivity contribution in [1.29, 1.82) is 0 Å². The van der Waals surface area contributed by atoms with Crippen LogP contribution >= 0.6 is 11.6 Å². The number of nitrogens with zero attached hydrogens (tertiary/aromatic N) is 1. The van der Waals surface area contributed by atoms with E-state index in [9.17, 15) is 8.78 Å². The third kappa shape index (κ3) is 1.48. The number of nitrogen functional groups attached to an aromatic ring is 1. The molecule has 2 nitrogen and oxygen atoms in total. The van der Waals surface area contributed by atoms with Gasteiger partial charge in [-0.25, -0.2) is 13.8 Å². The van der Waals surface area contributed by atoms with E-state index < -0.39 is 6.43 Å². The number of hydrogen-bond acceptors (Lipinski definition) is 2. The quantitative estimate of drug-likeness (QED) is 0.695. The second-order valence-electron chi connectivity index (χ2n) is 2.34. The lowest BCUT2D eigenvalue weighted by Gasteiger charge is -2.07. The minimum Gasteiger partial charge on any atom is -0.398 e. The first kappa shape index (κ1) is 9.19. The summed E-state index contributed by atoms with van der Waals surface area (Å²) in [6.07, 6.45) is -1.61. The Bertz CT molecular complexity index is 302. The highest BCUT2D eigenvalue weighted by atomic mass is 35.5. The van der Waals surface area contributed by atoms with E-state index in [2.05, 4.69) is 4.98 Å². The first-order valence-electron chi connectivity index (χ1n) is 3.22. The van der Waals surface area contributed by atoms with Crippen molar-refractivity contribution in [3.8, 4) is 0 Å². The van der Waals surface area contributed by atoms with Crippen molar-refractivity contribution in [2.24, 2.45) is 0 Å². The van der Waals surface area contributed by atoms with Gasteiger partial charge in [0.25, 0.3) is 6.43 Å². The Morgan fingerprint density at radius 2 is 2.17 bits per heavy atom. The number of pyridine rings is 1. The summed E-state index contributed by atoms with van der Waals surface area (Å²) in [5, 5.41) is 0.164. The molecule has 0 amide bonds. The fourth-order valence-electron chi connectivity index (χ4n) is 0.794. The summed E-state index contributed by atoms with van der Waals surface area (Å²) in [4.78, 5) is 3.57. The summed E-state index contributed by atoms with van der Waals surface area (Å²) in [5.41, 5.74) is 5.53. The number of hydrogen-bond donors (Lipinski definition) is 1. The molecule has 12 heavy (non-hydrogen) atoms. The number of alkyl halides is 2. The van der Waals surface area contributed by atoms with E-state index in [-0.39, 0.29) is 16.4 Å². The van der Waals surface area contributed by atoms with Crippen LogP contribution in [-0.2, 0) is 0 Å². The highest BCUT2D eigenvalue weighted by Gasteiger charge is 2.14. The molecule has 0 saturated carbocycles. The van der Waals surface area contributed by atoms with E-state index in [0.717, 1.165) is 6.20 Å². The van der Waals surface area contributed by atoms with Gasteiger partial charge < -0.3 is 5.73 Å². The van der Waals surface area contributed by atoms with Crippen LogP contribution in [0.2, 0.25) is 5.15 Å². The van der Waals surface area contributed by atoms with Crippen LogP contribution in [0.15, 0.2) is 6.20 Å². The lowest BCUT2D eigenvalue weighted by Crippen LogP contribution is -1.99. The van der Waals surface area contributed by atoms with Crippen molar-refractivity contribution in [2.75, 3.05) is 5.73 Å². The molecule has 1 aromatic heterocycles. The fourth-order valence-corrected chi connectivity index (χ4v) is 0.945. The summed E-state index contributed by atoms with van der Waals surface area (Å²) in [6, 6.07) is 0. The van der Waals surface area contributed by atoms with E-state index >= 15 is 0 Å². The van der Waals surface area contributed by atoms with Gasteiger partial charge in [-0.3, -0.25) is 0 Å². The average molecular weight is 193 g/mol. The highest BCUT2D eigenvalue weighted by Crippen LogP contribution is 2.29. The first-order chi connectivity index (χ1) is 5.54. The molecule has 0 aliphatic carbocycles. The van der Waals surface area contributed by atoms with Crippen LogP contribution in [-0.4, -0.2) is 4.98 Å². The predicted molar refractivity (Wildman–Crippen MR) is 43.4 cm³/mol. The maximum atomic E-state index is 12.2. The van der Waals surface area contributed by atoms with Crippen LogP contribution in [0.5, 0.6) is 0 Å². The first-order valence-corrected chi connectivity index (χ1v) is 3.60. The smallest absolute Gasteiger partial charge is 0.267 e. The zero-order chi connectivity index (χ0) is 9.30. The molecule has 1 aromatic rings. The Balaban J connectivity index is 3.27. The van der Waals surface area contributed by atoms with Crippen LogP contribution in [0.25, 0.3) is 0 Å². The molecule has 0 saturated heterocycles. The molecular weight excluding hydrogens is 186 g/mol. The number of aromatic nitrogens is 1. The third-order valence-electron chi connectivity index (χ3n) is 1.58. The van der Waals surface area contributed by atoms with Crippen molar-refractivity contribution >= 4 is 17.3 Å². The van der Waals surface area contributed by atoms with Crippen LogP contribution < -0.4 is 5.73 Å². The number of anilines is 1. The van der Waals surface area contributed by atoms with Crippen LogP contribution in [0.1, 0.15) is 17.6 Å². The summed E-state index contributed by atoms with van der Waals surface area (Å²) in [7, 11) is 0. The van der Waals surface area contributed by atoms with Gasteiger partial charge in [0, 0.05) is 17.4 Å². The summed E-state index contributed by atoms with van der Waals surface area (Å²) < 4.78 is 24.4. The lowest BCUT2D eigenvalue weighted by molar-refractivity contribution is 0.152. The topological polar surface area (TPSA) is 38.9 Å². The molecule has 0 unspecified atom stereocenters. The predicted octanol–water partition coefficient (Wildman–Crippen LogP) is 2.56. The van der Waals surface area contributed by atoms with E-state index in [4.69, 9.17) is 17.3 Å². The van der Waals surface area contributed by atoms with Gasteiger partial charge in [0.2, 0.25) is 0 Å². The number of nitrogens with two attached hydrogens (primary N) is 1. The van der Waals surface area contributed by atoms with E-state index in [1.165, 1.54) is 0 Å². The van der Waals surface area contributed by atoms with E-state index in [0.29, 0.717) is 5.56 Å². The molecule has 0 fully saturated rings. The van der Waals surface area contributed by atoms with Gasteiger partial charge in [0.1, 0.15) is 5.15 Å². The Kier molecular flexibility index (Phi) is 2.47. The van der Waals surface area contributed by atoms with Gasteiger partial charge in [-0.15, -0.1) is 0 Å². The summed E-state index contributed by atoms with van der Waals surface area (Å²) >= 11 is 5.55. The lowest BCUT2D eigenvalue weighted by atomic mass is 10.2. The Hall–Kier alpha value is -0.900. The van der Waals surface area contributed by atoms with Gasteiger partial charge in [0.05, 0.1) is 5.56 Å². The summed E-state index contributed by atoms with van der Waals surface area (Å²) in [6.45, 7) is 1.55. The zero-order valence-corrected chi connectivity index (χ0v) is 7.07. The van der Waals surface area contributed by atoms with E-state index in [1.807, 2.05) is 0 Å². The second kappa shape index (κ2) is 3.23. The second-order valence-corrected chi connectivity index (χ2v) is 2.70. The van der Waals surface area contributed by atoms with Crippen molar-refractivity contribution in [3.05, 3.63) is 22.5 Å². The maximum absolute atomic E-state index is 12.2. The number of rotatable bonds is 1. The normalized spacial score (nSPS) is 10.8. The van der Waals surface area contributed by atoms with Crippen molar-refractivity contribution in [3.63, 3.8) is 0 Å². The molecule has 0 bridgehead atoms. The molecule has 0 atom stereocenters.